The van der Waals surface area contributed by atoms with Crippen LogP contribution in [0.25, 0.3) is 0 Å². The molecule has 2 amide bonds. The summed E-state index contributed by atoms with van der Waals surface area (Å²) in [6, 6.07) is 14.8. The molecule has 0 spiro atoms. The first kappa shape index (κ1) is 19.6. The van der Waals surface area contributed by atoms with Gasteiger partial charge in [0.15, 0.2) is 0 Å². The molecule has 0 heterocycles. The number of aryl methyl sites for hydroxylation is 1. The van der Waals surface area contributed by atoms with Crippen LogP contribution < -0.4 is 10.6 Å². The molecule has 138 valence electrons. The molecule has 0 aliphatic heterocycles. The highest BCUT2D eigenvalue weighted by atomic mass is 16.5. The molecule has 2 rings (SSSR count). The standard InChI is InChI=1S/C20H24N2O4/c1-15-7-9-16(10-8-15)13-21-20(24)17-5-3-4-6-18(17)22-19(23)14-26-12-11-25-2/h3-10H,11-14H2,1-2H3,(H,21,24)(H,22,23). The molecule has 0 saturated carbocycles. The first-order valence-corrected chi connectivity index (χ1v) is 8.39. The van der Waals surface area contributed by atoms with E-state index in [0.29, 0.717) is 31.0 Å². The molecule has 0 aliphatic carbocycles. The first-order chi connectivity index (χ1) is 12.6. The number of nitrogens with one attached hydrogen (secondary N) is 2. The Morgan fingerprint density at radius 1 is 1.00 bits per heavy atom. The maximum atomic E-state index is 12.5. The molecule has 6 nitrogen and oxygen atoms in total. The maximum absolute atomic E-state index is 12.5. The highest BCUT2D eigenvalue weighted by molar-refractivity contribution is 6.03. The molecular weight excluding hydrogens is 332 g/mol. The Morgan fingerprint density at radius 3 is 2.46 bits per heavy atom. The summed E-state index contributed by atoms with van der Waals surface area (Å²) < 4.78 is 10.0. The molecule has 2 aromatic carbocycles. The van der Waals surface area contributed by atoms with Gasteiger partial charge >= 0.3 is 0 Å². The summed E-state index contributed by atoms with van der Waals surface area (Å²) in [7, 11) is 1.56. The lowest BCUT2D eigenvalue weighted by atomic mass is 10.1. The summed E-state index contributed by atoms with van der Waals surface area (Å²) >= 11 is 0. The van der Waals surface area contributed by atoms with E-state index in [1.165, 1.54) is 5.56 Å². The topological polar surface area (TPSA) is 76.7 Å². The number of benzene rings is 2. The lowest BCUT2D eigenvalue weighted by molar-refractivity contribution is -0.121. The number of ether oxygens (including phenoxy) is 2. The first-order valence-electron chi connectivity index (χ1n) is 8.39. The van der Waals surface area contributed by atoms with Gasteiger partial charge in [0.2, 0.25) is 5.91 Å². The minimum atomic E-state index is -0.320. The van der Waals surface area contributed by atoms with Crippen molar-refractivity contribution in [3.8, 4) is 0 Å². The van der Waals surface area contributed by atoms with Gasteiger partial charge in [-0.1, -0.05) is 42.0 Å². The van der Waals surface area contributed by atoms with Crippen molar-refractivity contribution in [1.29, 1.82) is 0 Å². The average Bonchev–Trinajstić information content (AvgIpc) is 2.65. The fourth-order valence-corrected chi connectivity index (χ4v) is 2.27. The van der Waals surface area contributed by atoms with Crippen LogP contribution in [0.2, 0.25) is 0 Å². The van der Waals surface area contributed by atoms with E-state index in [1.807, 2.05) is 31.2 Å². The van der Waals surface area contributed by atoms with Gasteiger partial charge in [0.25, 0.3) is 5.91 Å². The molecular formula is C20H24N2O4. The van der Waals surface area contributed by atoms with Gasteiger partial charge in [0, 0.05) is 13.7 Å². The van der Waals surface area contributed by atoms with Gasteiger partial charge in [-0.05, 0) is 24.6 Å². The summed E-state index contributed by atoms with van der Waals surface area (Å²) in [6.07, 6.45) is 0. The number of amides is 2. The fourth-order valence-electron chi connectivity index (χ4n) is 2.27. The molecule has 26 heavy (non-hydrogen) atoms. The minimum absolute atomic E-state index is 0.0946. The van der Waals surface area contributed by atoms with Crippen LogP contribution in [0.15, 0.2) is 48.5 Å². The zero-order chi connectivity index (χ0) is 18.8. The number of rotatable bonds is 9. The highest BCUT2D eigenvalue weighted by Crippen LogP contribution is 2.15. The molecule has 0 aliphatic rings. The smallest absolute Gasteiger partial charge is 0.253 e. The maximum Gasteiger partial charge on any atom is 0.253 e. The summed E-state index contributed by atoms with van der Waals surface area (Å²) in [5, 5.41) is 5.58. The molecule has 0 fully saturated rings. The zero-order valence-electron chi connectivity index (χ0n) is 15.1. The molecule has 0 atom stereocenters. The number of para-hydroxylation sites is 1. The summed E-state index contributed by atoms with van der Waals surface area (Å²) in [4.78, 5) is 24.4. The average molecular weight is 356 g/mol. The fraction of sp³-hybridized carbons (Fsp3) is 0.300. The van der Waals surface area contributed by atoms with Gasteiger partial charge in [-0.3, -0.25) is 9.59 Å². The van der Waals surface area contributed by atoms with Crippen molar-refractivity contribution in [1.82, 2.24) is 5.32 Å². The van der Waals surface area contributed by atoms with E-state index in [-0.39, 0.29) is 18.4 Å². The van der Waals surface area contributed by atoms with E-state index in [1.54, 1.807) is 31.4 Å². The highest BCUT2D eigenvalue weighted by Gasteiger charge is 2.13. The quantitative estimate of drug-likeness (QED) is 0.677. The molecule has 2 aromatic rings. The van der Waals surface area contributed by atoms with Crippen LogP contribution in [-0.4, -0.2) is 38.7 Å². The Morgan fingerprint density at radius 2 is 1.73 bits per heavy atom. The van der Waals surface area contributed by atoms with E-state index in [0.717, 1.165) is 5.56 Å². The summed E-state index contributed by atoms with van der Waals surface area (Å²) in [6.45, 7) is 3.10. The largest absolute Gasteiger partial charge is 0.382 e. The SMILES string of the molecule is COCCOCC(=O)Nc1ccccc1C(=O)NCc1ccc(C)cc1. The van der Waals surface area contributed by atoms with E-state index in [4.69, 9.17) is 9.47 Å². The van der Waals surface area contributed by atoms with Crippen LogP contribution in [0.4, 0.5) is 5.69 Å². The zero-order valence-corrected chi connectivity index (χ0v) is 15.1. The van der Waals surface area contributed by atoms with Gasteiger partial charge in [0.1, 0.15) is 6.61 Å². The van der Waals surface area contributed by atoms with Crippen LogP contribution in [0.5, 0.6) is 0 Å². The third-order valence-electron chi connectivity index (χ3n) is 3.68. The Hall–Kier alpha value is -2.70. The van der Waals surface area contributed by atoms with Gasteiger partial charge in [-0.25, -0.2) is 0 Å². The van der Waals surface area contributed by atoms with Crippen molar-refractivity contribution in [3.05, 3.63) is 65.2 Å². The van der Waals surface area contributed by atoms with Gasteiger partial charge in [-0.2, -0.15) is 0 Å². The Balaban J connectivity index is 1.93. The van der Waals surface area contributed by atoms with E-state index < -0.39 is 0 Å². The lowest BCUT2D eigenvalue weighted by Crippen LogP contribution is -2.26. The second kappa shape index (κ2) is 10.3. The Labute approximate surface area is 153 Å². The monoisotopic (exact) mass is 356 g/mol. The molecule has 0 bridgehead atoms. The molecule has 0 radical (unpaired) electrons. The molecule has 2 N–H and O–H groups in total. The number of carbonyl (C=O) groups is 2. The second-order valence-corrected chi connectivity index (χ2v) is 5.81. The van der Waals surface area contributed by atoms with Gasteiger partial charge in [-0.15, -0.1) is 0 Å². The predicted molar refractivity (Wildman–Crippen MR) is 100 cm³/mol. The third kappa shape index (κ3) is 6.31. The Bertz CT molecular complexity index is 729. The number of carbonyl (C=O) groups excluding carboxylic acids is 2. The van der Waals surface area contributed by atoms with Crippen molar-refractivity contribution in [3.63, 3.8) is 0 Å². The summed E-state index contributed by atoms with van der Waals surface area (Å²) in [5.41, 5.74) is 3.04. The van der Waals surface area contributed by atoms with Crippen LogP contribution in [0.3, 0.4) is 0 Å². The van der Waals surface area contributed by atoms with E-state index in [2.05, 4.69) is 10.6 Å². The van der Waals surface area contributed by atoms with E-state index in [9.17, 15) is 9.59 Å². The number of methoxy groups -OCH3 is 1. The third-order valence-corrected chi connectivity index (χ3v) is 3.68. The van der Waals surface area contributed by atoms with Crippen molar-refractivity contribution in [2.24, 2.45) is 0 Å². The normalized spacial score (nSPS) is 10.4. The Kier molecular flexibility index (Phi) is 7.79. The van der Waals surface area contributed by atoms with Crippen molar-refractivity contribution in [2.45, 2.75) is 13.5 Å². The number of anilines is 1. The van der Waals surface area contributed by atoms with Gasteiger partial charge in [0.05, 0.1) is 24.5 Å². The minimum Gasteiger partial charge on any atom is -0.382 e. The van der Waals surface area contributed by atoms with Crippen molar-refractivity contribution < 1.29 is 19.1 Å². The molecule has 0 unspecified atom stereocenters. The van der Waals surface area contributed by atoms with Crippen LogP contribution >= 0.6 is 0 Å². The van der Waals surface area contributed by atoms with Gasteiger partial charge < -0.3 is 20.1 Å². The predicted octanol–water partition coefficient (Wildman–Crippen LogP) is 2.53. The lowest BCUT2D eigenvalue weighted by Gasteiger charge is -2.12. The summed E-state index contributed by atoms with van der Waals surface area (Å²) in [5.74, 6) is -0.568. The van der Waals surface area contributed by atoms with Crippen molar-refractivity contribution >= 4 is 17.5 Å². The second-order valence-electron chi connectivity index (χ2n) is 5.81. The molecule has 0 saturated heterocycles. The number of hydrogen-bond donors (Lipinski definition) is 2. The van der Waals surface area contributed by atoms with Crippen LogP contribution in [0.1, 0.15) is 21.5 Å². The van der Waals surface area contributed by atoms with Crippen molar-refractivity contribution in [2.75, 3.05) is 32.2 Å². The molecule has 0 aromatic heterocycles. The molecule has 6 heteroatoms. The number of hydrogen-bond acceptors (Lipinski definition) is 4. The van der Waals surface area contributed by atoms with Crippen LogP contribution in [-0.2, 0) is 20.8 Å². The van der Waals surface area contributed by atoms with Crippen LogP contribution in [0, 0.1) is 6.92 Å². The van der Waals surface area contributed by atoms with E-state index >= 15 is 0 Å².